The molecule has 7 N–H and O–H groups in total. The molecule has 0 aliphatic carbocycles. The lowest BCUT2D eigenvalue weighted by Gasteiger charge is -2.46. The van der Waals surface area contributed by atoms with E-state index in [1.165, 1.54) is 30.7 Å². The van der Waals surface area contributed by atoms with Crippen LogP contribution in [0.4, 0.5) is 0 Å². The first-order chi connectivity index (χ1) is 29.4. The van der Waals surface area contributed by atoms with Crippen molar-refractivity contribution in [3.63, 3.8) is 0 Å². The molecule has 1 saturated heterocycles. The molecule has 11 atom stereocenters. The number of ether oxygens (including phenoxy) is 1. The summed E-state index contributed by atoms with van der Waals surface area (Å²) in [6.45, 7) is 29.3. The molecule has 11 unspecified atom stereocenters. The predicted octanol–water partition coefficient (Wildman–Crippen LogP) is 4.59. The minimum Gasteiger partial charge on any atom is -0.376 e. The standard InChI is InChI=1S/C48H91N7O9/c1-19-21-22-32(11)25-37(56)51-38-34(13)64-42(60)33(12)49-39(57)35(23-28(3)4)50-40(58)36(24-29(5)6)54(17)45(63)47(15,27-31(9)10)52-43(61)46(14,26-30(7)8)53-44(62)48(16,20-2)55(18)41(38)59/h28-36,38,42,45,60,63H,19-27H2,1-18H3,(H,49,57)(H,50,58)(H,51,56)(H,52,61)(H,53,62). The molecule has 16 heteroatoms. The predicted molar refractivity (Wildman–Crippen MR) is 251 cm³/mol. The zero-order valence-corrected chi connectivity index (χ0v) is 42.9. The number of rotatable bonds is 15. The summed E-state index contributed by atoms with van der Waals surface area (Å²) in [5.74, 6) is -3.50. The van der Waals surface area contributed by atoms with Crippen LogP contribution in [0.1, 0.15) is 169 Å². The Morgan fingerprint density at radius 2 is 1.34 bits per heavy atom. The fourth-order valence-corrected chi connectivity index (χ4v) is 8.76. The van der Waals surface area contributed by atoms with Crippen LogP contribution in [-0.2, 0) is 33.5 Å². The van der Waals surface area contributed by atoms with Crippen LogP contribution in [0.3, 0.4) is 0 Å². The van der Waals surface area contributed by atoms with Crippen LogP contribution < -0.4 is 26.6 Å². The normalized spacial score (nSPS) is 32.2. The number of carbonyl (C=O) groups excluding carboxylic acids is 6. The monoisotopic (exact) mass is 910 g/mol. The number of aliphatic hydroxyl groups excluding tert-OH is 2. The molecule has 372 valence electrons. The summed E-state index contributed by atoms with van der Waals surface area (Å²) >= 11 is 0. The van der Waals surface area contributed by atoms with E-state index in [0.29, 0.717) is 12.8 Å². The van der Waals surface area contributed by atoms with Gasteiger partial charge in [0.05, 0.1) is 23.7 Å². The Labute approximate surface area is 386 Å². The zero-order chi connectivity index (χ0) is 49.7. The first kappa shape index (κ1) is 58.7. The van der Waals surface area contributed by atoms with Crippen molar-refractivity contribution in [2.45, 2.75) is 228 Å². The van der Waals surface area contributed by atoms with Crippen LogP contribution in [-0.4, -0.2) is 129 Å². The van der Waals surface area contributed by atoms with Crippen molar-refractivity contribution >= 4 is 35.4 Å². The molecule has 0 saturated carbocycles. The lowest BCUT2D eigenvalue weighted by atomic mass is 9.83. The number of hydrogen-bond donors (Lipinski definition) is 7. The molecule has 0 aromatic heterocycles. The van der Waals surface area contributed by atoms with Crippen molar-refractivity contribution in [3.8, 4) is 0 Å². The molecule has 0 radical (unpaired) electrons. The topological polar surface area (TPSA) is 219 Å². The summed E-state index contributed by atoms with van der Waals surface area (Å²) in [7, 11) is 3.08. The van der Waals surface area contributed by atoms with E-state index in [2.05, 4.69) is 33.5 Å². The third-order valence-electron chi connectivity index (χ3n) is 12.8. The maximum atomic E-state index is 14.8. The Balaban J connectivity index is 4.15. The molecule has 0 aromatic rings. The van der Waals surface area contributed by atoms with E-state index in [0.717, 1.165) is 19.3 Å². The number of amides is 6. The van der Waals surface area contributed by atoms with E-state index in [1.54, 1.807) is 34.7 Å². The number of carbonyl (C=O) groups is 6. The molecule has 1 fully saturated rings. The van der Waals surface area contributed by atoms with Gasteiger partial charge in [-0.1, -0.05) is 95.4 Å². The molecule has 64 heavy (non-hydrogen) atoms. The van der Waals surface area contributed by atoms with Crippen molar-refractivity contribution in [1.82, 2.24) is 36.4 Å². The third kappa shape index (κ3) is 16.8. The molecule has 0 aromatic carbocycles. The number of unbranched alkanes of at least 4 members (excludes halogenated alkanes) is 1. The molecular formula is C48H91N7O9. The lowest BCUT2D eigenvalue weighted by molar-refractivity contribution is -0.170. The average Bonchev–Trinajstić information content (AvgIpc) is 3.17. The van der Waals surface area contributed by atoms with Gasteiger partial charge in [-0.25, -0.2) is 0 Å². The second kappa shape index (κ2) is 25.5. The van der Waals surface area contributed by atoms with Crippen LogP contribution in [0.2, 0.25) is 0 Å². The number of likely N-dealkylation sites (N-methyl/N-ethyl adjacent to an activating group) is 2. The molecule has 1 aliphatic heterocycles. The fourth-order valence-electron chi connectivity index (χ4n) is 8.76. The Bertz CT molecular complexity index is 1540. The highest BCUT2D eigenvalue weighted by Crippen LogP contribution is 2.30. The highest BCUT2D eigenvalue weighted by molar-refractivity contribution is 5.98. The summed E-state index contributed by atoms with van der Waals surface area (Å²) in [5.41, 5.74) is -4.47. The van der Waals surface area contributed by atoms with Crippen molar-refractivity contribution in [1.29, 1.82) is 0 Å². The molecule has 0 spiro atoms. The largest absolute Gasteiger partial charge is 0.376 e. The summed E-state index contributed by atoms with van der Waals surface area (Å²) in [4.78, 5) is 89.1. The quantitative estimate of drug-likeness (QED) is 0.121. The van der Waals surface area contributed by atoms with Crippen LogP contribution >= 0.6 is 0 Å². The smallest absolute Gasteiger partial charge is 0.248 e. The fraction of sp³-hybridized carbons (Fsp3) is 0.875. The van der Waals surface area contributed by atoms with Crippen molar-refractivity contribution < 1.29 is 43.7 Å². The van der Waals surface area contributed by atoms with Gasteiger partial charge in [-0.2, -0.15) is 0 Å². The maximum Gasteiger partial charge on any atom is 0.248 e. The Morgan fingerprint density at radius 1 is 0.781 bits per heavy atom. The van der Waals surface area contributed by atoms with Gasteiger partial charge in [0.2, 0.25) is 35.4 Å². The van der Waals surface area contributed by atoms with E-state index in [1.807, 2.05) is 62.3 Å². The Hall–Kier alpha value is -3.34. The Morgan fingerprint density at radius 3 is 1.84 bits per heavy atom. The van der Waals surface area contributed by atoms with Gasteiger partial charge in [-0.05, 0) is 103 Å². The SMILES string of the molecule is CCCCC(C)CC(=O)NC1C(=O)N(C)C(C)(CC)C(=O)NC(C)(CC(C)C)C(=O)NC(C)(CC(C)C)C(O)N(C)C(CC(C)C)C(=O)NC(CC(C)C)C(=O)NC(C)C(O)OC1C. The molecule has 1 heterocycles. The highest BCUT2D eigenvalue weighted by atomic mass is 16.6. The van der Waals surface area contributed by atoms with Gasteiger partial charge >= 0.3 is 0 Å². The molecule has 1 rings (SSSR count). The van der Waals surface area contributed by atoms with Gasteiger partial charge in [-0.15, -0.1) is 0 Å². The highest BCUT2D eigenvalue weighted by Gasteiger charge is 2.49. The van der Waals surface area contributed by atoms with E-state index in [4.69, 9.17) is 4.74 Å². The van der Waals surface area contributed by atoms with Gasteiger partial charge in [-0.3, -0.25) is 33.7 Å². The molecule has 16 nitrogen and oxygen atoms in total. The minimum atomic E-state index is -1.67. The number of nitrogens with one attached hydrogen (secondary N) is 5. The summed E-state index contributed by atoms with van der Waals surface area (Å²) < 4.78 is 6.02. The van der Waals surface area contributed by atoms with E-state index in [-0.39, 0.29) is 55.3 Å². The average molecular weight is 910 g/mol. The summed E-state index contributed by atoms with van der Waals surface area (Å²) in [5, 5.41) is 38.4. The van der Waals surface area contributed by atoms with Gasteiger partial charge in [0.25, 0.3) is 0 Å². The van der Waals surface area contributed by atoms with Gasteiger partial charge < -0.3 is 46.4 Å². The molecular weight excluding hydrogens is 819 g/mol. The van der Waals surface area contributed by atoms with E-state index >= 15 is 0 Å². The number of aliphatic hydroxyl groups is 2. The molecule has 1 aliphatic rings. The van der Waals surface area contributed by atoms with Gasteiger partial charge in [0.1, 0.15) is 29.4 Å². The Kier molecular flexibility index (Phi) is 23.4. The van der Waals surface area contributed by atoms with Crippen LogP contribution in [0, 0.1) is 29.6 Å². The summed E-state index contributed by atoms with van der Waals surface area (Å²) in [6, 6.07) is -4.40. The third-order valence-corrected chi connectivity index (χ3v) is 12.8. The minimum absolute atomic E-state index is 0.0120. The first-order valence-electron chi connectivity index (χ1n) is 24.0. The molecule has 0 bridgehead atoms. The van der Waals surface area contributed by atoms with Crippen LogP contribution in [0.25, 0.3) is 0 Å². The second-order valence-electron chi connectivity index (χ2n) is 21.3. The van der Waals surface area contributed by atoms with Gasteiger partial charge in [0, 0.05) is 13.5 Å². The van der Waals surface area contributed by atoms with Gasteiger partial charge in [0.15, 0.2) is 6.29 Å². The molecule has 6 amide bonds. The van der Waals surface area contributed by atoms with E-state index in [9.17, 15) is 39.0 Å². The zero-order valence-electron chi connectivity index (χ0n) is 42.9. The van der Waals surface area contributed by atoms with Crippen LogP contribution in [0.5, 0.6) is 0 Å². The van der Waals surface area contributed by atoms with Crippen LogP contribution in [0.15, 0.2) is 0 Å². The lowest BCUT2D eigenvalue weighted by Crippen LogP contribution is -2.70. The first-order valence-corrected chi connectivity index (χ1v) is 24.0. The maximum absolute atomic E-state index is 14.8. The second-order valence-corrected chi connectivity index (χ2v) is 21.3. The van der Waals surface area contributed by atoms with Crippen molar-refractivity contribution in [3.05, 3.63) is 0 Å². The van der Waals surface area contributed by atoms with Crippen molar-refractivity contribution in [2.24, 2.45) is 29.6 Å². The van der Waals surface area contributed by atoms with Crippen molar-refractivity contribution in [2.75, 3.05) is 14.1 Å². The number of nitrogens with zero attached hydrogens (tertiary/aromatic N) is 2. The summed E-state index contributed by atoms with van der Waals surface area (Å²) in [6.07, 6.45) is -0.259. The van der Waals surface area contributed by atoms with E-state index < -0.39 is 94.8 Å². The number of hydrogen-bond acceptors (Lipinski definition) is 10.